The highest BCUT2D eigenvalue weighted by atomic mass is 35.5. The Morgan fingerprint density at radius 1 is 1.09 bits per heavy atom. The summed E-state index contributed by atoms with van der Waals surface area (Å²) in [4.78, 5) is 70.3. The van der Waals surface area contributed by atoms with Gasteiger partial charge in [0.15, 0.2) is 17.2 Å². The number of carboxylic acids is 1. The van der Waals surface area contributed by atoms with Crippen molar-refractivity contribution >= 4 is 53.0 Å². The minimum atomic E-state index is -1.45. The van der Waals surface area contributed by atoms with Gasteiger partial charge in [-0.15, -0.1) is 12.4 Å². The van der Waals surface area contributed by atoms with E-state index in [1.165, 1.54) is 31.4 Å². The molecular weight excluding hydrogens is 588 g/mol. The number of oxazole rings is 1. The number of primary amides is 1. The fraction of sp³-hybridized carbons (Fsp3) is 0.154. The fourth-order valence-corrected chi connectivity index (χ4v) is 3.83. The second-order valence-electron chi connectivity index (χ2n) is 8.66. The van der Waals surface area contributed by atoms with Crippen molar-refractivity contribution in [1.82, 2.24) is 29.9 Å². The summed E-state index contributed by atoms with van der Waals surface area (Å²) in [5.41, 5.74) is 12.4. The number of benzene rings is 2. The highest BCUT2D eigenvalue weighted by Gasteiger charge is 2.24. The third kappa shape index (κ3) is 7.19. The van der Waals surface area contributed by atoms with Crippen molar-refractivity contribution in [3.63, 3.8) is 0 Å². The van der Waals surface area contributed by atoms with Crippen LogP contribution in [0.4, 0.5) is 0 Å². The van der Waals surface area contributed by atoms with Gasteiger partial charge in [-0.3, -0.25) is 9.59 Å². The number of nitrogens with one attached hydrogen (secondary N) is 2. The van der Waals surface area contributed by atoms with E-state index in [9.17, 15) is 29.1 Å². The molecular formula is C26H25ClN8O8. The van der Waals surface area contributed by atoms with Gasteiger partial charge in [-0.2, -0.15) is 4.98 Å². The molecule has 3 heterocycles. The number of aromatic carboxylic acids is 1. The van der Waals surface area contributed by atoms with Crippen molar-refractivity contribution in [3.8, 4) is 0 Å². The molecule has 0 radical (unpaired) electrons. The van der Waals surface area contributed by atoms with Crippen LogP contribution in [0.5, 0.6) is 0 Å². The number of rotatable bonds is 7. The van der Waals surface area contributed by atoms with Crippen LogP contribution in [-0.2, 0) is 16.1 Å². The SMILES string of the molecule is COC(=O)c1ccc([C@@H](NC(=O)c2cc(C(=O)O)n3[nH]c(=O)nc3n2)C(N)=O)cc1.Cc1nc2cc(CN)ccc2o1.Cl. The molecule has 0 fully saturated rings. The van der Waals surface area contributed by atoms with E-state index in [4.69, 9.17) is 15.9 Å². The van der Waals surface area contributed by atoms with Crippen LogP contribution in [0.25, 0.3) is 16.9 Å². The number of nitrogens with two attached hydrogens (primary N) is 2. The molecule has 0 saturated heterocycles. The molecule has 0 aliphatic heterocycles. The van der Waals surface area contributed by atoms with Crippen molar-refractivity contribution in [2.45, 2.75) is 19.5 Å². The number of fused-ring (bicyclic) bond motifs is 2. The first-order chi connectivity index (χ1) is 20.0. The summed E-state index contributed by atoms with van der Waals surface area (Å²) < 4.78 is 10.7. The maximum atomic E-state index is 12.6. The summed E-state index contributed by atoms with van der Waals surface area (Å²) in [6, 6.07) is 11.0. The lowest BCUT2D eigenvalue weighted by atomic mass is 10.0. The largest absolute Gasteiger partial charge is 0.477 e. The summed E-state index contributed by atoms with van der Waals surface area (Å²) in [7, 11) is 1.21. The standard InChI is InChI=1S/C17H14N6O7.C9H10N2O.ClH/c1-30-15(28)8-4-2-7(3-5-8)11(12(18)24)20-13(25)9-6-10(14(26)27)23-16(19-9)21-17(29)22-23;1-6-11-8-4-7(5-10)2-3-9(8)12-6;/h2-6,11H,1H3,(H2,18,24)(H,20,25)(H,22,29)(H,26,27);2-4H,5,10H2,1H3;1H/t11-;;/m1../s1. The normalized spacial score (nSPS) is 11.1. The zero-order valence-electron chi connectivity index (χ0n) is 22.6. The maximum absolute atomic E-state index is 12.6. The molecule has 224 valence electrons. The van der Waals surface area contributed by atoms with Crippen LogP contribution in [0.2, 0.25) is 0 Å². The molecule has 5 aromatic rings. The molecule has 2 amide bonds. The van der Waals surface area contributed by atoms with E-state index in [0.29, 0.717) is 12.4 Å². The quantitative estimate of drug-likeness (QED) is 0.161. The smallest absolute Gasteiger partial charge is 0.363 e. The molecule has 0 unspecified atom stereocenters. The van der Waals surface area contributed by atoms with Gasteiger partial charge in [0.25, 0.3) is 11.7 Å². The molecule has 0 aliphatic carbocycles. The number of methoxy groups -OCH3 is 1. The Morgan fingerprint density at radius 2 is 1.79 bits per heavy atom. The van der Waals surface area contributed by atoms with Gasteiger partial charge >= 0.3 is 17.6 Å². The van der Waals surface area contributed by atoms with E-state index in [-0.39, 0.29) is 29.3 Å². The number of esters is 1. The van der Waals surface area contributed by atoms with E-state index in [1.807, 2.05) is 25.1 Å². The van der Waals surface area contributed by atoms with E-state index >= 15 is 0 Å². The molecule has 0 spiro atoms. The number of carboxylic acid groups (broad SMARTS) is 1. The number of aryl methyl sites for hydroxylation is 1. The topological polar surface area (TPSA) is 251 Å². The summed E-state index contributed by atoms with van der Waals surface area (Å²) in [5.74, 6) is -3.53. The van der Waals surface area contributed by atoms with Crippen LogP contribution in [-0.4, -0.2) is 60.5 Å². The Bertz CT molecular complexity index is 1880. The first kappa shape index (κ1) is 31.9. The predicted octanol–water partition coefficient (Wildman–Crippen LogP) is 0.876. The zero-order chi connectivity index (χ0) is 30.6. The van der Waals surface area contributed by atoms with Crippen molar-refractivity contribution in [2.75, 3.05) is 7.11 Å². The number of carbonyl (C=O) groups excluding carboxylic acids is 3. The highest BCUT2D eigenvalue weighted by Crippen LogP contribution is 2.17. The number of amides is 2. The van der Waals surface area contributed by atoms with Gasteiger partial charge in [-0.25, -0.2) is 34.0 Å². The summed E-state index contributed by atoms with van der Waals surface area (Å²) in [5, 5.41) is 13.8. The summed E-state index contributed by atoms with van der Waals surface area (Å²) in [6.07, 6.45) is 0. The van der Waals surface area contributed by atoms with Gasteiger partial charge in [-0.05, 0) is 35.4 Å². The minimum absolute atomic E-state index is 0. The Hall–Kier alpha value is -5.61. The molecule has 2 aromatic carbocycles. The highest BCUT2D eigenvalue weighted by molar-refractivity contribution is 5.98. The molecule has 17 heteroatoms. The van der Waals surface area contributed by atoms with Crippen molar-refractivity contribution < 1.29 is 33.4 Å². The number of ether oxygens (including phenoxy) is 1. The molecule has 7 N–H and O–H groups in total. The number of aromatic nitrogens is 5. The first-order valence-electron chi connectivity index (χ1n) is 12.1. The van der Waals surface area contributed by atoms with Crippen LogP contribution < -0.4 is 22.5 Å². The van der Waals surface area contributed by atoms with Crippen LogP contribution >= 0.6 is 12.4 Å². The Labute approximate surface area is 247 Å². The van der Waals surface area contributed by atoms with Crippen LogP contribution in [0.1, 0.15) is 54.4 Å². The Morgan fingerprint density at radius 3 is 2.40 bits per heavy atom. The molecule has 1 atom stereocenters. The Balaban J connectivity index is 0.000000324. The lowest BCUT2D eigenvalue weighted by molar-refractivity contribution is -0.120. The molecule has 3 aromatic heterocycles. The van der Waals surface area contributed by atoms with Gasteiger partial charge < -0.3 is 31.0 Å². The number of nitrogens with zero attached hydrogens (tertiary/aromatic N) is 4. The molecule has 43 heavy (non-hydrogen) atoms. The zero-order valence-corrected chi connectivity index (χ0v) is 23.4. The summed E-state index contributed by atoms with van der Waals surface area (Å²) >= 11 is 0. The molecule has 16 nitrogen and oxygen atoms in total. The summed E-state index contributed by atoms with van der Waals surface area (Å²) in [6.45, 7) is 2.38. The molecule has 5 rings (SSSR count). The van der Waals surface area contributed by atoms with Gasteiger partial charge in [-0.1, -0.05) is 18.2 Å². The lowest BCUT2D eigenvalue weighted by Crippen LogP contribution is -2.38. The van der Waals surface area contributed by atoms with Crippen LogP contribution in [0.3, 0.4) is 0 Å². The second kappa shape index (κ2) is 13.4. The van der Waals surface area contributed by atoms with Crippen molar-refractivity contribution in [1.29, 1.82) is 0 Å². The third-order valence-electron chi connectivity index (χ3n) is 5.82. The third-order valence-corrected chi connectivity index (χ3v) is 5.82. The maximum Gasteiger partial charge on any atom is 0.363 e. The first-order valence-corrected chi connectivity index (χ1v) is 12.1. The molecule has 0 aliphatic rings. The van der Waals surface area contributed by atoms with E-state index in [1.54, 1.807) is 0 Å². The number of H-pyrrole nitrogens is 1. The number of hydrogen-bond acceptors (Lipinski definition) is 11. The fourth-order valence-electron chi connectivity index (χ4n) is 3.83. The average molecular weight is 613 g/mol. The lowest BCUT2D eigenvalue weighted by Gasteiger charge is -2.16. The average Bonchev–Trinajstić information content (AvgIpc) is 3.54. The van der Waals surface area contributed by atoms with Gasteiger partial charge in [0.2, 0.25) is 5.91 Å². The van der Waals surface area contributed by atoms with Crippen LogP contribution in [0, 0.1) is 6.92 Å². The number of aromatic amines is 1. The Kier molecular flexibility index (Phi) is 9.92. The van der Waals surface area contributed by atoms with E-state index in [2.05, 4.69) is 30.1 Å². The van der Waals surface area contributed by atoms with E-state index in [0.717, 1.165) is 27.2 Å². The van der Waals surface area contributed by atoms with E-state index < -0.39 is 46.9 Å². The number of carbonyl (C=O) groups is 4. The van der Waals surface area contributed by atoms with Gasteiger partial charge in [0, 0.05) is 19.5 Å². The number of halogens is 1. The van der Waals surface area contributed by atoms with Crippen LogP contribution in [0.15, 0.2) is 57.7 Å². The minimum Gasteiger partial charge on any atom is -0.477 e. The van der Waals surface area contributed by atoms with Gasteiger partial charge in [0.1, 0.15) is 17.3 Å². The predicted molar refractivity (Wildman–Crippen MR) is 152 cm³/mol. The molecule has 0 saturated carbocycles. The van der Waals surface area contributed by atoms with Crippen molar-refractivity contribution in [2.24, 2.45) is 11.5 Å². The monoisotopic (exact) mass is 612 g/mol. The van der Waals surface area contributed by atoms with Crippen molar-refractivity contribution in [3.05, 3.63) is 93.0 Å². The molecule has 0 bridgehead atoms. The second-order valence-corrected chi connectivity index (χ2v) is 8.66. The van der Waals surface area contributed by atoms with Gasteiger partial charge in [0.05, 0.1) is 12.7 Å². The number of hydrogen-bond donors (Lipinski definition) is 5.